The van der Waals surface area contributed by atoms with Crippen molar-refractivity contribution < 1.29 is 4.74 Å². The minimum absolute atomic E-state index is 0.0734. The minimum Gasteiger partial charge on any atom is -0.482 e. The second kappa shape index (κ2) is 7.06. The predicted molar refractivity (Wildman–Crippen MR) is 81.7 cm³/mol. The Morgan fingerprint density at radius 2 is 1.85 bits per heavy atom. The SMILES string of the molecule is CCc1ccc(OC(c2ccccn2)C(N)CC)cc1. The van der Waals surface area contributed by atoms with E-state index in [9.17, 15) is 0 Å². The van der Waals surface area contributed by atoms with Gasteiger partial charge < -0.3 is 10.5 Å². The van der Waals surface area contributed by atoms with Crippen LogP contribution in [0.1, 0.15) is 37.6 Å². The number of nitrogens with two attached hydrogens (primary N) is 1. The van der Waals surface area contributed by atoms with E-state index in [-0.39, 0.29) is 12.1 Å². The van der Waals surface area contributed by atoms with Crippen LogP contribution in [-0.4, -0.2) is 11.0 Å². The Hall–Kier alpha value is -1.87. The summed E-state index contributed by atoms with van der Waals surface area (Å²) in [5.74, 6) is 0.835. The first kappa shape index (κ1) is 14.5. The van der Waals surface area contributed by atoms with Crippen LogP contribution in [0.3, 0.4) is 0 Å². The third-order valence-corrected chi connectivity index (χ3v) is 3.43. The molecule has 1 aromatic heterocycles. The highest BCUT2D eigenvalue weighted by Gasteiger charge is 2.21. The zero-order chi connectivity index (χ0) is 14.4. The third-order valence-electron chi connectivity index (χ3n) is 3.43. The molecule has 0 saturated carbocycles. The lowest BCUT2D eigenvalue weighted by molar-refractivity contribution is 0.166. The van der Waals surface area contributed by atoms with Crippen LogP contribution in [0.5, 0.6) is 5.75 Å². The molecule has 0 radical (unpaired) electrons. The van der Waals surface area contributed by atoms with Gasteiger partial charge in [-0.1, -0.05) is 32.0 Å². The molecular formula is C17H22N2O. The zero-order valence-electron chi connectivity index (χ0n) is 12.1. The van der Waals surface area contributed by atoms with E-state index in [1.165, 1.54) is 5.56 Å². The van der Waals surface area contributed by atoms with Crippen LogP contribution in [0.25, 0.3) is 0 Å². The topological polar surface area (TPSA) is 48.1 Å². The second-order valence-corrected chi connectivity index (χ2v) is 4.86. The van der Waals surface area contributed by atoms with E-state index in [1.807, 2.05) is 30.3 Å². The average molecular weight is 270 g/mol. The van der Waals surface area contributed by atoms with E-state index in [0.717, 1.165) is 24.3 Å². The fraction of sp³-hybridized carbons (Fsp3) is 0.353. The molecule has 20 heavy (non-hydrogen) atoms. The van der Waals surface area contributed by atoms with Gasteiger partial charge in [-0.3, -0.25) is 4.98 Å². The number of benzene rings is 1. The van der Waals surface area contributed by atoms with Crippen molar-refractivity contribution in [3.8, 4) is 5.75 Å². The van der Waals surface area contributed by atoms with E-state index in [0.29, 0.717) is 0 Å². The summed E-state index contributed by atoms with van der Waals surface area (Å²) in [7, 11) is 0. The van der Waals surface area contributed by atoms with Crippen molar-refractivity contribution >= 4 is 0 Å². The van der Waals surface area contributed by atoms with E-state index < -0.39 is 0 Å². The summed E-state index contributed by atoms with van der Waals surface area (Å²) in [4.78, 5) is 4.37. The lowest BCUT2D eigenvalue weighted by Gasteiger charge is -2.24. The molecule has 2 aromatic rings. The van der Waals surface area contributed by atoms with Gasteiger partial charge in [0.15, 0.2) is 6.10 Å². The molecule has 2 N–H and O–H groups in total. The second-order valence-electron chi connectivity index (χ2n) is 4.86. The van der Waals surface area contributed by atoms with Gasteiger partial charge in [-0.2, -0.15) is 0 Å². The van der Waals surface area contributed by atoms with Crippen molar-refractivity contribution in [2.24, 2.45) is 5.73 Å². The fourth-order valence-electron chi connectivity index (χ4n) is 2.08. The van der Waals surface area contributed by atoms with Gasteiger partial charge in [-0.25, -0.2) is 0 Å². The summed E-state index contributed by atoms with van der Waals surface area (Å²) in [5, 5.41) is 0. The molecule has 0 aliphatic carbocycles. The molecule has 0 spiro atoms. The Morgan fingerprint density at radius 3 is 2.40 bits per heavy atom. The molecule has 0 amide bonds. The number of rotatable bonds is 6. The number of aromatic nitrogens is 1. The van der Waals surface area contributed by atoms with Crippen LogP contribution in [-0.2, 0) is 6.42 Å². The lowest BCUT2D eigenvalue weighted by atomic mass is 10.1. The summed E-state index contributed by atoms with van der Waals surface area (Å²) in [6, 6.07) is 13.9. The number of pyridine rings is 1. The quantitative estimate of drug-likeness (QED) is 0.874. The zero-order valence-corrected chi connectivity index (χ0v) is 12.1. The molecule has 0 bridgehead atoms. The first-order valence-electron chi connectivity index (χ1n) is 7.16. The largest absolute Gasteiger partial charge is 0.482 e. The van der Waals surface area contributed by atoms with Crippen molar-refractivity contribution in [3.63, 3.8) is 0 Å². The van der Waals surface area contributed by atoms with Gasteiger partial charge in [-0.05, 0) is 42.7 Å². The monoisotopic (exact) mass is 270 g/mol. The Kier molecular flexibility index (Phi) is 5.13. The van der Waals surface area contributed by atoms with Gasteiger partial charge in [0.1, 0.15) is 5.75 Å². The normalized spacial score (nSPS) is 13.8. The average Bonchev–Trinajstić information content (AvgIpc) is 2.53. The summed E-state index contributed by atoms with van der Waals surface area (Å²) in [6.45, 7) is 4.20. The lowest BCUT2D eigenvalue weighted by Crippen LogP contribution is -2.32. The Morgan fingerprint density at radius 1 is 1.10 bits per heavy atom. The van der Waals surface area contributed by atoms with Gasteiger partial charge in [0.25, 0.3) is 0 Å². The molecule has 0 aliphatic heterocycles. The standard InChI is InChI=1S/C17H22N2O/c1-3-13-8-10-14(11-9-13)20-17(15(18)4-2)16-7-5-6-12-19-16/h5-12,15,17H,3-4,18H2,1-2H3. The molecule has 2 rings (SSSR count). The minimum atomic E-state index is -0.214. The number of aryl methyl sites for hydroxylation is 1. The molecular weight excluding hydrogens is 248 g/mol. The number of hydrogen-bond donors (Lipinski definition) is 1. The third kappa shape index (κ3) is 3.58. The van der Waals surface area contributed by atoms with E-state index >= 15 is 0 Å². The molecule has 2 unspecified atom stereocenters. The number of hydrogen-bond acceptors (Lipinski definition) is 3. The molecule has 0 fully saturated rings. The predicted octanol–water partition coefficient (Wildman–Crippen LogP) is 3.50. The molecule has 0 aliphatic rings. The maximum atomic E-state index is 6.19. The number of ether oxygens (including phenoxy) is 1. The van der Waals surface area contributed by atoms with Crippen LogP contribution < -0.4 is 10.5 Å². The maximum absolute atomic E-state index is 6.19. The van der Waals surface area contributed by atoms with Crippen molar-refractivity contribution in [1.82, 2.24) is 4.98 Å². The van der Waals surface area contributed by atoms with Gasteiger partial charge in [0.05, 0.1) is 5.69 Å². The van der Waals surface area contributed by atoms with Crippen molar-refractivity contribution in [1.29, 1.82) is 0 Å². The van der Waals surface area contributed by atoms with E-state index in [2.05, 4.69) is 31.0 Å². The molecule has 106 valence electrons. The summed E-state index contributed by atoms with van der Waals surface area (Å²) < 4.78 is 6.07. The first-order chi connectivity index (χ1) is 9.74. The Labute approximate surface area is 120 Å². The highest BCUT2D eigenvalue weighted by Crippen LogP contribution is 2.24. The van der Waals surface area contributed by atoms with Gasteiger partial charge in [0, 0.05) is 12.2 Å². The molecule has 2 atom stereocenters. The smallest absolute Gasteiger partial charge is 0.155 e. The molecule has 1 heterocycles. The highest BCUT2D eigenvalue weighted by atomic mass is 16.5. The summed E-state index contributed by atoms with van der Waals surface area (Å²) >= 11 is 0. The van der Waals surface area contributed by atoms with Crippen LogP contribution >= 0.6 is 0 Å². The van der Waals surface area contributed by atoms with E-state index in [1.54, 1.807) is 6.20 Å². The van der Waals surface area contributed by atoms with Gasteiger partial charge in [0.2, 0.25) is 0 Å². The van der Waals surface area contributed by atoms with Gasteiger partial charge >= 0.3 is 0 Å². The Balaban J connectivity index is 2.19. The number of nitrogens with zero attached hydrogens (tertiary/aromatic N) is 1. The van der Waals surface area contributed by atoms with Crippen LogP contribution in [0.4, 0.5) is 0 Å². The van der Waals surface area contributed by atoms with Crippen molar-refractivity contribution in [2.75, 3.05) is 0 Å². The molecule has 3 heteroatoms. The Bertz CT molecular complexity index is 510. The fourth-order valence-corrected chi connectivity index (χ4v) is 2.08. The molecule has 3 nitrogen and oxygen atoms in total. The first-order valence-corrected chi connectivity index (χ1v) is 7.16. The maximum Gasteiger partial charge on any atom is 0.155 e. The molecule has 1 aromatic carbocycles. The van der Waals surface area contributed by atoms with Gasteiger partial charge in [-0.15, -0.1) is 0 Å². The van der Waals surface area contributed by atoms with Crippen LogP contribution in [0.15, 0.2) is 48.7 Å². The summed E-state index contributed by atoms with van der Waals surface area (Å²) in [5.41, 5.74) is 8.36. The van der Waals surface area contributed by atoms with Crippen molar-refractivity contribution in [3.05, 3.63) is 59.9 Å². The van der Waals surface area contributed by atoms with Crippen LogP contribution in [0.2, 0.25) is 0 Å². The van der Waals surface area contributed by atoms with E-state index in [4.69, 9.17) is 10.5 Å². The summed E-state index contributed by atoms with van der Waals surface area (Å²) in [6.07, 6.45) is 3.43. The highest BCUT2D eigenvalue weighted by molar-refractivity contribution is 5.28. The molecule has 0 saturated heterocycles. The van der Waals surface area contributed by atoms with Crippen LogP contribution in [0, 0.1) is 0 Å². The van der Waals surface area contributed by atoms with Crippen molar-refractivity contribution in [2.45, 2.75) is 38.8 Å².